The molecule has 2 aromatic rings. The van der Waals surface area contributed by atoms with Crippen LogP contribution in [0.4, 0.5) is 0 Å². The predicted molar refractivity (Wildman–Crippen MR) is 97.2 cm³/mol. The lowest BCUT2D eigenvalue weighted by Crippen LogP contribution is -2.26. The summed E-state index contributed by atoms with van der Waals surface area (Å²) >= 11 is 0. The number of ether oxygens (including phenoxy) is 1. The van der Waals surface area contributed by atoms with Crippen molar-refractivity contribution in [1.29, 1.82) is 0 Å². The first-order chi connectivity index (χ1) is 11.3. The van der Waals surface area contributed by atoms with Crippen LogP contribution in [0.2, 0.25) is 0 Å². The van der Waals surface area contributed by atoms with Crippen LogP contribution in [0.3, 0.4) is 0 Å². The van der Waals surface area contributed by atoms with E-state index in [4.69, 9.17) is 4.74 Å². The summed E-state index contributed by atoms with van der Waals surface area (Å²) in [6, 6.07) is 11.6. The van der Waals surface area contributed by atoms with Gasteiger partial charge in [-0.1, -0.05) is 29.8 Å². The van der Waals surface area contributed by atoms with Crippen LogP contribution in [0.25, 0.3) is 0 Å². The molecule has 0 aliphatic heterocycles. The van der Waals surface area contributed by atoms with Crippen molar-refractivity contribution < 1.29 is 13.2 Å². The summed E-state index contributed by atoms with van der Waals surface area (Å²) in [6.45, 7) is 6.14. The van der Waals surface area contributed by atoms with Gasteiger partial charge in [0.05, 0.1) is 12.0 Å². The number of benzene rings is 2. The molecule has 130 valence electrons. The lowest BCUT2D eigenvalue weighted by atomic mass is 10.1. The van der Waals surface area contributed by atoms with Crippen LogP contribution < -0.4 is 9.46 Å². The van der Waals surface area contributed by atoms with Gasteiger partial charge in [-0.3, -0.25) is 0 Å². The number of hydrogen-bond acceptors (Lipinski definition) is 3. The Morgan fingerprint density at radius 1 is 1.04 bits per heavy atom. The Morgan fingerprint density at radius 3 is 2.46 bits per heavy atom. The minimum Gasteiger partial charge on any atom is -0.496 e. The highest BCUT2D eigenvalue weighted by molar-refractivity contribution is 7.89. The zero-order valence-electron chi connectivity index (χ0n) is 14.7. The van der Waals surface area contributed by atoms with E-state index in [1.54, 1.807) is 26.2 Å². The van der Waals surface area contributed by atoms with Crippen molar-refractivity contribution in [3.8, 4) is 5.75 Å². The summed E-state index contributed by atoms with van der Waals surface area (Å²) in [5, 5.41) is 0. The molecule has 0 aliphatic carbocycles. The van der Waals surface area contributed by atoms with Crippen molar-refractivity contribution >= 4 is 10.0 Å². The quantitative estimate of drug-likeness (QED) is 0.780. The lowest BCUT2D eigenvalue weighted by Gasteiger charge is -2.13. The zero-order valence-corrected chi connectivity index (χ0v) is 15.5. The smallest absolute Gasteiger partial charge is 0.240 e. The number of rotatable bonds is 7. The first kappa shape index (κ1) is 18.5. The summed E-state index contributed by atoms with van der Waals surface area (Å²) in [7, 11) is -1.92. The van der Waals surface area contributed by atoms with E-state index in [1.807, 2.05) is 13.0 Å². The molecule has 0 radical (unpaired) electrons. The maximum Gasteiger partial charge on any atom is 0.240 e. The molecule has 0 fully saturated rings. The highest BCUT2D eigenvalue weighted by Gasteiger charge is 2.18. The van der Waals surface area contributed by atoms with Crippen molar-refractivity contribution in [2.75, 3.05) is 13.7 Å². The summed E-state index contributed by atoms with van der Waals surface area (Å²) in [6.07, 6.45) is 1.61. The number of hydrogen-bond donors (Lipinski definition) is 1. The monoisotopic (exact) mass is 347 g/mol. The van der Waals surface area contributed by atoms with Crippen molar-refractivity contribution in [1.82, 2.24) is 4.72 Å². The second kappa shape index (κ2) is 7.81. The van der Waals surface area contributed by atoms with Crippen LogP contribution >= 0.6 is 0 Å². The fraction of sp³-hybridized carbons (Fsp3) is 0.368. The Labute approximate surface area is 144 Å². The number of nitrogens with one attached hydrogen (secondary N) is 1. The van der Waals surface area contributed by atoms with Crippen molar-refractivity contribution in [2.45, 2.75) is 38.5 Å². The molecular formula is C19H25NO3S. The van der Waals surface area contributed by atoms with Gasteiger partial charge in [0.2, 0.25) is 10.0 Å². The average Bonchev–Trinajstić information content (AvgIpc) is 2.54. The summed E-state index contributed by atoms with van der Waals surface area (Å²) in [5.74, 6) is 0.700. The third-order valence-corrected chi connectivity index (χ3v) is 5.82. The molecule has 5 heteroatoms. The van der Waals surface area contributed by atoms with Crippen LogP contribution in [0.15, 0.2) is 41.3 Å². The second-order valence-electron chi connectivity index (χ2n) is 6.01. The van der Waals surface area contributed by atoms with Crippen molar-refractivity contribution in [3.05, 3.63) is 58.7 Å². The maximum atomic E-state index is 12.5. The van der Waals surface area contributed by atoms with Gasteiger partial charge in [-0.15, -0.1) is 0 Å². The molecule has 0 saturated heterocycles. The van der Waals surface area contributed by atoms with Gasteiger partial charge in [-0.25, -0.2) is 13.1 Å². The first-order valence-electron chi connectivity index (χ1n) is 8.04. The molecule has 0 aromatic heterocycles. The first-order valence-corrected chi connectivity index (χ1v) is 9.53. The standard InChI is InChI=1S/C19H25NO3S/c1-14-7-5-8-17(13-14)9-6-12-20-24(21,22)19-11-10-18(23-4)15(2)16(19)3/h5,7-8,10-11,13,20H,6,9,12H2,1-4H3. The van der Waals surface area contributed by atoms with E-state index in [9.17, 15) is 8.42 Å². The van der Waals surface area contributed by atoms with Crippen LogP contribution in [-0.2, 0) is 16.4 Å². The highest BCUT2D eigenvalue weighted by Crippen LogP contribution is 2.26. The van der Waals surface area contributed by atoms with Crippen LogP contribution in [0.5, 0.6) is 5.75 Å². The van der Waals surface area contributed by atoms with Gasteiger partial charge < -0.3 is 4.74 Å². The van der Waals surface area contributed by atoms with E-state index in [0.29, 0.717) is 17.2 Å². The van der Waals surface area contributed by atoms with Crippen molar-refractivity contribution in [3.63, 3.8) is 0 Å². The Balaban J connectivity index is 2.00. The predicted octanol–water partition coefficient (Wildman–Crippen LogP) is 3.53. The number of sulfonamides is 1. The van der Waals surface area contributed by atoms with Crippen LogP contribution in [0.1, 0.15) is 28.7 Å². The molecule has 0 unspecified atom stereocenters. The Kier molecular flexibility index (Phi) is 6.02. The molecule has 0 amide bonds. The van der Waals surface area contributed by atoms with Gasteiger partial charge in [0.15, 0.2) is 0 Å². The molecule has 0 atom stereocenters. The Bertz CT molecular complexity index is 813. The van der Waals surface area contributed by atoms with E-state index in [0.717, 1.165) is 24.0 Å². The van der Waals surface area contributed by atoms with Gasteiger partial charge >= 0.3 is 0 Å². The third-order valence-electron chi connectivity index (χ3n) is 4.21. The molecule has 0 heterocycles. The fourth-order valence-corrected chi connectivity index (χ4v) is 4.10. The molecule has 0 bridgehead atoms. The van der Waals surface area contributed by atoms with E-state index >= 15 is 0 Å². The average molecular weight is 347 g/mol. The zero-order chi connectivity index (χ0) is 17.7. The summed E-state index contributed by atoms with van der Waals surface area (Å²) in [4.78, 5) is 0.316. The summed E-state index contributed by atoms with van der Waals surface area (Å²) < 4.78 is 33.0. The SMILES string of the molecule is COc1ccc(S(=O)(=O)NCCCc2cccc(C)c2)c(C)c1C. The van der Waals surface area contributed by atoms with E-state index < -0.39 is 10.0 Å². The van der Waals surface area contributed by atoms with Gasteiger partial charge in [-0.05, 0) is 62.4 Å². The third kappa shape index (κ3) is 4.36. The second-order valence-corrected chi connectivity index (χ2v) is 7.74. The molecule has 0 saturated carbocycles. The van der Waals surface area contributed by atoms with Gasteiger partial charge in [0, 0.05) is 6.54 Å². The molecular weight excluding hydrogens is 322 g/mol. The molecule has 2 rings (SSSR count). The Morgan fingerprint density at radius 2 is 1.79 bits per heavy atom. The maximum absolute atomic E-state index is 12.5. The van der Waals surface area contributed by atoms with Crippen LogP contribution in [-0.4, -0.2) is 22.1 Å². The molecule has 2 aromatic carbocycles. The molecule has 1 N–H and O–H groups in total. The number of methoxy groups -OCH3 is 1. The molecule has 24 heavy (non-hydrogen) atoms. The van der Waals surface area contributed by atoms with E-state index in [2.05, 4.69) is 29.8 Å². The van der Waals surface area contributed by atoms with Crippen molar-refractivity contribution in [2.24, 2.45) is 0 Å². The fourth-order valence-electron chi connectivity index (χ4n) is 2.73. The van der Waals surface area contributed by atoms with Crippen LogP contribution in [0, 0.1) is 20.8 Å². The normalized spacial score (nSPS) is 11.5. The topological polar surface area (TPSA) is 55.4 Å². The molecule has 4 nitrogen and oxygen atoms in total. The van der Waals surface area contributed by atoms with E-state index in [1.165, 1.54) is 11.1 Å². The van der Waals surface area contributed by atoms with Gasteiger partial charge in [-0.2, -0.15) is 0 Å². The largest absolute Gasteiger partial charge is 0.496 e. The minimum absolute atomic E-state index is 0.316. The minimum atomic E-state index is -3.51. The van der Waals surface area contributed by atoms with E-state index in [-0.39, 0.29) is 0 Å². The highest BCUT2D eigenvalue weighted by atomic mass is 32.2. The summed E-state index contributed by atoms with van der Waals surface area (Å²) in [5.41, 5.74) is 4.02. The number of aryl methyl sites for hydroxylation is 2. The Hall–Kier alpha value is -1.85. The lowest BCUT2D eigenvalue weighted by molar-refractivity contribution is 0.410. The molecule has 0 aliphatic rings. The van der Waals surface area contributed by atoms with Gasteiger partial charge in [0.1, 0.15) is 5.75 Å². The van der Waals surface area contributed by atoms with Gasteiger partial charge in [0.25, 0.3) is 0 Å². The molecule has 0 spiro atoms.